The van der Waals surface area contributed by atoms with E-state index < -0.39 is 43.4 Å². The Bertz CT molecular complexity index is 1310. The molecule has 1 rings (SSSR count). The van der Waals surface area contributed by atoms with Crippen LogP contribution in [0.4, 0.5) is 0 Å². The highest BCUT2D eigenvalue weighted by atomic mass is 16.7. The fourth-order valence-electron chi connectivity index (χ4n) is 8.63. The van der Waals surface area contributed by atoms with Crippen molar-refractivity contribution >= 4 is 5.97 Å². The molecule has 0 spiro atoms. The van der Waals surface area contributed by atoms with E-state index in [0.29, 0.717) is 13.0 Å². The number of aliphatic hydroxyl groups is 4. The summed E-state index contributed by atoms with van der Waals surface area (Å²) >= 11 is 0. The molecular weight excluding hydrogens is 877 g/mol. The summed E-state index contributed by atoms with van der Waals surface area (Å²) in [5.41, 5.74) is 0. The van der Waals surface area contributed by atoms with Gasteiger partial charge in [-0.05, 0) is 83.5 Å². The van der Waals surface area contributed by atoms with Crippen molar-refractivity contribution < 1.29 is 44.2 Å². The monoisotopic (exact) mass is 985 g/mol. The van der Waals surface area contributed by atoms with Gasteiger partial charge in [0.15, 0.2) is 6.29 Å². The number of hydrogen-bond donors (Lipinski definition) is 4. The van der Waals surface area contributed by atoms with Crippen LogP contribution in [0.15, 0.2) is 72.9 Å². The van der Waals surface area contributed by atoms with Crippen LogP contribution in [0.5, 0.6) is 0 Å². The van der Waals surface area contributed by atoms with Crippen molar-refractivity contribution in [3.63, 3.8) is 0 Å². The second-order valence-electron chi connectivity index (χ2n) is 19.7. The van der Waals surface area contributed by atoms with Crippen molar-refractivity contribution in [2.75, 3.05) is 26.4 Å². The first kappa shape index (κ1) is 65.6. The zero-order chi connectivity index (χ0) is 50.6. The molecule has 1 heterocycles. The molecule has 0 aromatic carbocycles. The lowest BCUT2D eigenvalue weighted by Gasteiger charge is -2.39. The Morgan fingerprint density at radius 1 is 0.471 bits per heavy atom. The van der Waals surface area contributed by atoms with Crippen LogP contribution in [0.1, 0.15) is 245 Å². The molecule has 6 unspecified atom stereocenters. The zero-order valence-corrected chi connectivity index (χ0v) is 45.0. The predicted molar refractivity (Wildman–Crippen MR) is 293 cm³/mol. The summed E-state index contributed by atoms with van der Waals surface area (Å²) in [6.07, 6.45) is 62.3. The lowest BCUT2D eigenvalue weighted by Crippen LogP contribution is -2.59. The molecule has 0 radical (unpaired) electrons. The molecular formula is C61H108O9. The van der Waals surface area contributed by atoms with Gasteiger partial charge in [-0.15, -0.1) is 0 Å². The average Bonchev–Trinajstić information content (AvgIpc) is 3.36. The van der Waals surface area contributed by atoms with Gasteiger partial charge < -0.3 is 39.4 Å². The maximum Gasteiger partial charge on any atom is 0.306 e. The molecule has 70 heavy (non-hydrogen) atoms. The first-order valence-electron chi connectivity index (χ1n) is 29.0. The van der Waals surface area contributed by atoms with Crippen molar-refractivity contribution in [1.82, 2.24) is 0 Å². The molecule has 0 saturated carbocycles. The molecule has 0 aromatic rings. The molecule has 0 aromatic heterocycles. The van der Waals surface area contributed by atoms with E-state index in [2.05, 4.69) is 86.8 Å². The van der Waals surface area contributed by atoms with Crippen molar-refractivity contribution in [3.8, 4) is 0 Å². The van der Waals surface area contributed by atoms with Crippen molar-refractivity contribution in [2.24, 2.45) is 0 Å². The summed E-state index contributed by atoms with van der Waals surface area (Å²) in [4.78, 5) is 12.9. The van der Waals surface area contributed by atoms with Crippen LogP contribution in [-0.4, -0.2) is 89.6 Å². The third-order valence-electron chi connectivity index (χ3n) is 13.1. The normalized spacial score (nSPS) is 19.4. The second-order valence-corrected chi connectivity index (χ2v) is 19.7. The summed E-state index contributed by atoms with van der Waals surface area (Å²) in [5, 5.41) is 40.4. The molecule has 0 amide bonds. The summed E-state index contributed by atoms with van der Waals surface area (Å²) in [6, 6.07) is 0. The Labute approximate surface area is 429 Å². The van der Waals surface area contributed by atoms with Crippen molar-refractivity contribution in [3.05, 3.63) is 72.9 Å². The fraction of sp³-hybridized carbons (Fsp3) is 0.787. The van der Waals surface area contributed by atoms with Gasteiger partial charge in [0.25, 0.3) is 0 Å². The summed E-state index contributed by atoms with van der Waals surface area (Å²) in [6.45, 7) is 4.46. The number of ether oxygens (including phenoxy) is 4. The van der Waals surface area contributed by atoms with Gasteiger partial charge in [-0.25, -0.2) is 0 Å². The topological polar surface area (TPSA) is 135 Å². The Morgan fingerprint density at radius 2 is 0.871 bits per heavy atom. The Kier molecular flexibility index (Phi) is 48.3. The minimum Gasteiger partial charge on any atom is -0.457 e. The highest BCUT2D eigenvalue weighted by molar-refractivity contribution is 5.69. The van der Waals surface area contributed by atoms with E-state index in [1.165, 1.54) is 161 Å². The third-order valence-corrected chi connectivity index (χ3v) is 13.1. The summed E-state index contributed by atoms with van der Waals surface area (Å²) < 4.78 is 23.0. The number of rotatable bonds is 50. The van der Waals surface area contributed by atoms with E-state index in [1.807, 2.05) is 0 Å². The second kappa shape index (κ2) is 51.5. The molecule has 6 atom stereocenters. The molecule has 1 fully saturated rings. The van der Waals surface area contributed by atoms with Gasteiger partial charge in [-0.2, -0.15) is 0 Å². The first-order valence-corrected chi connectivity index (χ1v) is 29.0. The highest BCUT2D eigenvalue weighted by Crippen LogP contribution is 2.23. The molecule has 1 aliphatic rings. The first-order chi connectivity index (χ1) is 34.4. The van der Waals surface area contributed by atoms with Crippen LogP contribution in [0.2, 0.25) is 0 Å². The van der Waals surface area contributed by atoms with E-state index in [4.69, 9.17) is 18.9 Å². The molecule has 4 N–H and O–H groups in total. The Hall–Kier alpha value is -2.37. The summed E-state index contributed by atoms with van der Waals surface area (Å²) in [5.74, 6) is -0.316. The molecule has 0 bridgehead atoms. The number of carbonyl (C=O) groups is 1. The van der Waals surface area contributed by atoms with Crippen molar-refractivity contribution in [2.45, 2.75) is 282 Å². The number of allylic oxidation sites excluding steroid dienone is 12. The predicted octanol–water partition coefficient (Wildman–Crippen LogP) is 15.2. The minimum absolute atomic E-state index is 0.118. The highest BCUT2D eigenvalue weighted by Gasteiger charge is 2.44. The van der Waals surface area contributed by atoms with Crippen LogP contribution in [-0.2, 0) is 23.7 Å². The van der Waals surface area contributed by atoms with Crippen LogP contribution in [0.3, 0.4) is 0 Å². The maximum atomic E-state index is 12.9. The molecule has 0 aliphatic carbocycles. The van der Waals surface area contributed by atoms with E-state index in [-0.39, 0.29) is 19.2 Å². The molecule has 9 heteroatoms. The standard InChI is InChI=1S/C61H108O9/c1-3-5-7-9-11-13-15-17-19-21-23-25-26-27-28-29-31-33-35-37-39-41-43-45-47-49-51-67-53-55(54-68-61-60(66)59(65)58(64)56(52-62)70-61)69-57(63)50-48-46-44-42-40-38-36-34-32-30-24-22-20-18-16-14-12-10-8-6-4-2/h5,7,11,13,17,19,22-25,27-28,55-56,58-62,64-66H,3-4,6,8-10,12,14-16,18,20-21,26,29-54H2,1-2H3/b7-5-,13-11-,19-17-,24-22-,25-23-,28-27-. The van der Waals surface area contributed by atoms with Crippen LogP contribution in [0, 0.1) is 0 Å². The van der Waals surface area contributed by atoms with Gasteiger partial charge in [-0.1, -0.05) is 228 Å². The number of unbranched alkanes of at least 4 members (excludes halogenated alkanes) is 27. The van der Waals surface area contributed by atoms with Crippen LogP contribution < -0.4 is 0 Å². The molecule has 1 aliphatic heterocycles. The van der Waals surface area contributed by atoms with E-state index in [1.54, 1.807) is 0 Å². The lowest BCUT2D eigenvalue weighted by atomic mass is 9.99. The Balaban J connectivity index is 2.16. The van der Waals surface area contributed by atoms with Crippen molar-refractivity contribution in [1.29, 1.82) is 0 Å². The molecule has 9 nitrogen and oxygen atoms in total. The lowest BCUT2D eigenvalue weighted by molar-refractivity contribution is -0.305. The molecule has 1 saturated heterocycles. The third kappa shape index (κ3) is 41.1. The fourth-order valence-corrected chi connectivity index (χ4v) is 8.63. The largest absolute Gasteiger partial charge is 0.457 e. The van der Waals surface area contributed by atoms with Gasteiger partial charge in [-0.3, -0.25) is 4.79 Å². The number of esters is 1. The number of hydrogen-bond acceptors (Lipinski definition) is 9. The SMILES string of the molecule is CC/C=C\C/C=C\C/C=C\C/C=C\C/C=C\CCCCCCCCCCCCOCC(COC1OC(CO)C(O)C(O)C1O)OC(=O)CCCCCCCCCCC/C=C\CCCCCCCCCC. The van der Waals surface area contributed by atoms with E-state index >= 15 is 0 Å². The van der Waals surface area contributed by atoms with Gasteiger partial charge >= 0.3 is 5.97 Å². The van der Waals surface area contributed by atoms with E-state index in [9.17, 15) is 25.2 Å². The van der Waals surface area contributed by atoms with Gasteiger partial charge in [0.1, 0.15) is 30.5 Å². The van der Waals surface area contributed by atoms with Gasteiger partial charge in [0.05, 0.1) is 19.8 Å². The van der Waals surface area contributed by atoms with Gasteiger partial charge in [0, 0.05) is 13.0 Å². The van der Waals surface area contributed by atoms with Crippen LogP contribution in [0.25, 0.3) is 0 Å². The van der Waals surface area contributed by atoms with E-state index in [0.717, 1.165) is 64.2 Å². The quantitative estimate of drug-likeness (QED) is 0.0267. The number of aliphatic hydroxyl groups excluding tert-OH is 4. The summed E-state index contributed by atoms with van der Waals surface area (Å²) in [7, 11) is 0. The van der Waals surface area contributed by atoms with Gasteiger partial charge in [0.2, 0.25) is 0 Å². The molecule has 406 valence electrons. The number of carbonyl (C=O) groups excluding carboxylic acids is 1. The smallest absolute Gasteiger partial charge is 0.306 e. The zero-order valence-electron chi connectivity index (χ0n) is 45.0. The van der Waals surface area contributed by atoms with Crippen LogP contribution >= 0.6 is 0 Å². The average molecular weight is 986 g/mol. The minimum atomic E-state index is -1.54. The maximum absolute atomic E-state index is 12.9. The Morgan fingerprint density at radius 3 is 1.33 bits per heavy atom.